The Hall–Kier alpha value is -1.64. The van der Waals surface area contributed by atoms with Crippen molar-refractivity contribution in [3.63, 3.8) is 0 Å². The molecule has 3 rings (SSSR count). The van der Waals surface area contributed by atoms with Crippen LogP contribution in [0.3, 0.4) is 0 Å². The predicted octanol–water partition coefficient (Wildman–Crippen LogP) is 6.31. The molecule has 0 amide bonds. The molecule has 1 heterocycles. The van der Waals surface area contributed by atoms with E-state index in [0.717, 1.165) is 49.0 Å². The second kappa shape index (κ2) is 6.26. The number of aromatic nitrogens is 2. The standard InChI is InChI=1S/C22H31FN2/c1-15(14-21(3,4)5)8-9-19-24-20-17(23)12-16(2)13-18(20)25(19)22(6)10-7-11-22/h12-13H,1,7-11,14H2,2-6H3. The highest BCUT2D eigenvalue weighted by atomic mass is 19.1. The lowest BCUT2D eigenvalue weighted by atomic mass is 9.78. The Morgan fingerprint density at radius 2 is 2.00 bits per heavy atom. The molecule has 2 nitrogen and oxygen atoms in total. The number of allylic oxidation sites excluding steroid dienone is 1. The zero-order valence-electron chi connectivity index (χ0n) is 16.4. The van der Waals surface area contributed by atoms with Gasteiger partial charge in [0.15, 0.2) is 5.82 Å². The molecule has 0 saturated heterocycles. The van der Waals surface area contributed by atoms with Gasteiger partial charge in [-0.1, -0.05) is 32.9 Å². The first-order valence-corrected chi connectivity index (χ1v) is 9.44. The predicted molar refractivity (Wildman–Crippen MR) is 103 cm³/mol. The van der Waals surface area contributed by atoms with Crippen LogP contribution in [0.1, 0.15) is 71.2 Å². The Morgan fingerprint density at radius 3 is 2.56 bits per heavy atom. The Balaban J connectivity index is 1.96. The van der Waals surface area contributed by atoms with Gasteiger partial charge in [-0.05, 0) is 69.1 Å². The van der Waals surface area contributed by atoms with E-state index in [9.17, 15) is 4.39 Å². The molecule has 3 heteroatoms. The lowest BCUT2D eigenvalue weighted by Crippen LogP contribution is -2.38. The Morgan fingerprint density at radius 1 is 1.32 bits per heavy atom. The molecule has 0 spiro atoms. The van der Waals surface area contributed by atoms with E-state index in [1.807, 2.05) is 6.92 Å². The maximum Gasteiger partial charge on any atom is 0.151 e. The van der Waals surface area contributed by atoms with Gasteiger partial charge in [0.25, 0.3) is 0 Å². The largest absolute Gasteiger partial charge is 0.322 e. The molecule has 0 radical (unpaired) electrons. The van der Waals surface area contributed by atoms with Crippen LogP contribution in [-0.2, 0) is 12.0 Å². The molecule has 0 aliphatic heterocycles. The zero-order chi connectivity index (χ0) is 18.4. The molecular formula is C22H31FN2. The van der Waals surface area contributed by atoms with Crippen molar-refractivity contribution in [2.24, 2.45) is 5.41 Å². The number of nitrogens with zero attached hydrogens (tertiary/aromatic N) is 2. The number of imidazole rings is 1. The minimum Gasteiger partial charge on any atom is -0.322 e. The highest BCUT2D eigenvalue weighted by Crippen LogP contribution is 2.42. The van der Waals surface area contributed by atoms with Gasteiger partial charge < -0.3 is 4.57 Å². The van der Waals surface area contributed by atoms with E-state index in [4.69, 9.17) is 4.98 Å². The number of hydrogen-bond donors (Lipinski definition) is 0. The SMILES string of the molecule is C=C(CCc1nc2c(F)cc(C)cc2n1C1(C)CCC1)CC(C)(C)C. The van der Waals surface area contributed by atoms with Crippen molar-refractivity contribution in [2.45, 2.75) is 78.7 Å². The molecular weight excluding hydrogens is 311 g/mol. The van der Waals surface area contributed by atoms with Crippen molar-refractivity contribution in [1.29, 1.82) is 0 Å². The van der Waals surface area contributed by atoms with Crippen molar-refractivity contribution in [3.8, 4) is 0 Å². The van der Waals surface area contributed by atoms with Gasteiger partial charge in [0, 0.05) is 12.0 Å². The third-order valence-electron chi connectivity index (χ3n) is 5.38. The number of hydrogen-bond acceptors (Lipinski definition) is 1. The molecule has 1 aromatic carbocycles. The van der Waals surface area contributed by atoms with Crippen LogP contribution < -0.4 is 0 Å². The summed E-state index contributed by atoms with van der Waals surface area (Å²) in [5.74, 6) is 0.809. The number of aryl methyl sites for hydroxylation is 2. The molecule has 1 aliphatic rings. The molecule has 0 N–H and O–H groups in total. The van der Waals surface area contributed by atoms with E-state index < -0.39 is 0 Å². The summed E-state index contributed by atoms with van der Waals surface area (Å²) in [6.45, 7) is 15.2. The van der Waals surface area contributed by atoms with Crippen LogP contribution in [0.25, 0.3) is 11.0 Å². The minimum absolute atomic E-state index is 0.0790. The number of rotatable bonds is 5. The number of halogens is 1. The van der Waals surface area contributed by atoms with Crippen LogP contribution in [0.5, 0.6) is 0 Å². The van der Waals surface area contributed by atoms with E-state index in [1.165, 1.54) is 12.0 Å². The third-order valence-corrected chi connectivity index (χ3v) is 5.38. The monoisotopic (exact) mass is 342 g/mol. The molecule has 0 unspecified atom stereocenters. The fourth-order valence-corrected chi connectivity index (χ4v) is 4.12. The van der Waals surface area contributed by atoms with Crippen LogP contribution in [0, 0.1) is 18.2 Å². The Kier molecular flexibility index (Phi) is 4.55. The summed E-state index contributed by atoms with van der Waals surface area (Å²) in [5, 5.41) is 0. The minimum atomic E-state index is -0.202. The first-order valence-electron chi connectivity index (χ1n) is 9.44. The number of benzene rings is 1. The Labute approximate surface area is 151 Å². The van der Waals surface area contributed by atoms with Gasteiger partial charge in [-0.25, -0.2) is 9.37 Å². The van der Waals surface area contributed by atoms with Crippen molar-refractivity contribution < 1.29 is 4.39 Å². The van der Waals surface area contributed by atoms with Crippen LogP contribution in [0.4, 0.5) is 4.39 Å². The van der Waals surface area contributed by atoms with E-state index in [0.29, 0.717) is 5.52 Å². The fraction of sp³-hybridized carbons (Fsp3) is 0.591. The molecule has 1 aromatic heterocycles. The lowest BCUT2D eigenvalue weighted by Gasteiger charge is -2.41. The van der Waals surface area contributed by atoms with Gasteiger partial charge in [0.05, 0.1) is 5.52 Å². The molecule has 0 atom stereocenters. The summed E-state index contributed by atoms with van der Waals surface area (Å²) in [6.07, 6.45) is 6.28. The maximum atomic E-state index is 14.5. The van der Waals surface area contributed by atoms with E-state index >= 15 is 0 Å². The maximum absolute atomic E-state index is 14.5. The van der Waals surface area contributed by atoms with Gasteiger partial charge in [-0.2, -0.15) is 0 Å². The average Bonchev–Trinajstić information content (AvgIpc) is 2.80. The summed E-state index contributed by atoms with van der Waals surface area (Å²) in [4.78, 5) is 4.72. The second-order valence-corrected chi connectivity index (χ2v) is 9.32. The third kappa shape index (κ3) is 3.65. The normalized spacial score (nSPS) is 16.9. The van der Waals surface area contributed by atoms with E-state index in [2.05, 4.69) is 44.9 Å². The van der Waals surface area contributed by atoms with Crippen molar-refractivity contribution >= 4 is 11.0 Å². The smallest absolute Gasteiger partial charge is 0.151 e. The fourth-order valence-electron chi connectivity index (χ4n) is 4.12. The number of fused-ring (bicyclic) bond motifs is 1. The quantitative estimate of drug-likeness (QED) is 0.582. The summed E-state index contributed by atoms with van der Waals surface area (Å²) < 4.78 is 16.8. The summed E-state index contributed by atoms with van der Waals surface area (Å²) in [7, 11) is 0. The van der Waals surface area contributed by atoms with Crippen LogP contribution in [-0.4, -0.2) is 9.55 Å². The van der Waals surface area contributed by atoms with Crippen molar-refractivity contribution in [3.05, 3.63) is 41.5 Å². The average molecular weight is 343 g/mol. The van der Waals surface area contributed by atoms with E-state index in [1.54, 1.807) is 6.07 Å². The van der Waals surface area contributed by atoms with Gasteiger partial charge in [-0.15, -0.1) is 0 Å². The van der Waals surface area contributed by atoms with Crippen molar-refractivity contribution in [2.75, 3.05) is 0 Å². The molecule has 0 bridgehead atoms. The lowest BCUT2D eigenvalue weighted by molar-refractivity contribution is 0.169. The molecule has 1 fully saturated rings. The first-order chi connectivity index (χ1) is 11.6. The second-order valence-electron chi connectivity index (χ2n) is 9.32. The van der Waals surface area contributed by atoms with Crippen molar-refractivity contribution in [1.82, 2.24) is 9.55 Å². The molecule has 1 aliphatic carbocycles. The highest BCUT2D eigenvalue weighted by molar-refractivity contribution is 5.78. The highest BCUT2D eigenvalue weighted by Gasteiger charge is 2.37. The molecule has 136 valence electrons. The van der Waals surface area contributed by atoms with Gasteiger partial charge in [0.1, 0.15) is 11.3 Å². The van der Waals surface area contributed by atoms with Crippen LogP contribution in [0.2, 0.25) is 0 Å². The zero-order valence-corrected chi connectivity index (χ0v) is 16.4. The van der Waals surface area contributed by atoms with Crippen LogP contribution in [0.15, 0.2) is 24.3 Å². The van der Waals surface area contributed by atoms with Gasteiger partial charge in [0.2, 0.25) is 0 Å². The summed E-state index contributed by atoms with van der Waals surface area (Å²) in [5.41, 5.74) is 4.02. The summed E-state index contributed by atoms with van der Waals surface area (Å²) in [6, 6.07) is 3.67. The molecule has 2 aromatic rings. The first kappa shape index (κ1) is 18.2. The molecule has 25 heavy (non-hydrogen) atoms. The van der Waals surface area contributed by atoms with E-state index in [-0.39, 0.29) is 16.8 Å². The molecule has 1 saturated carbocycles. The topological polar surface area (TPSA) is 17.8 Å². The summed E-state index contributed by atoms with van der Waals surface area (Å²) >= 11 is 0. The Bertz CT molecular complexity index is 804. The van der Waals surface area contributed by atoms with Gasteiger partial charge >= 0.3 is 0 Å². The van der Waals surface area contributed by atoms with Gasteiger partial charge in [-0.3, -0.25) is 0 Å². The van der Waals surface area contributed by atoms with Crippen LogP contribution >= 0.6 is 0 Å².